The minimum atomic E-state index is 0. The fourth-order valence-electron chi connectivity index (χ4n) is 0.0962. The molecule has 2 radical (unpaired) electrons. The van der Waals surface area contributed by atoms with Gasteiger partial charge >= 0.3 is 51.4 Å². The molecule has 46 valence electrons. The molecule has 0 amide bonds. The zero-order valence-electron chi connectivity index (χ0n) is 5.79. The number of hydrogen-bond acceptors (Lipinski definition) is 0. The van der Waals surface area contributed by atoms with Crippen molar-refractivity contribution >= 4 is 7.85 Å². The third-order valence-electron chi connectivity index (χ3n) is 0.622. The Labute approximate surface area is 92.2 Å². The summed E-state index contributed by atoms with van der Waals surface area (Å²) in [6.07, 6.45) is 2.53. The van der Waals surface area contributed by atoms with Crippen molar-refractivity contribution < 1.29 is 66.9 Å². The van der Waals surface area contributed by atoms with Crippen LogP contribution in [0.15, 0.2) is 0 Å². The molecule has 0 N–H and O–H groups in total. The second-order valence-electron chi connectivity index (χ2n) is 1.34. The summed E-state index contributed by atoms with van der Waals surface area (Å²) in [4.78, 5) is 0. The number of rotatable bonds is 0. The Bertz CT molecular complexity index is 38.2. The van der Waals surface area contributed by atoms with Crippen molar-refractivity contribution in [3.8, 4) is 0 Å². The number of hydrogen-bond donors (Lipinski definition) is 0. The molecule has 1 saturated carbocycles. The van der Waals surface area contributed by atoms with Crippen LogP contribution < -0.4 is 51.4 Å². The minimum Gasteiger partial charge on any atom is -1.00 e. The van der Waals surface area contributed by atoms with Crippen LogP contribution in [-0.4, -0.2) is 7.85 Å². The molecule has 0 unspecified atom stereocenters. The van der Waals surface area contributed by atoms with E-state index in [4.69, 9.17) is 7.85 Å². The Morgan fingerprint density at radius 2 is 1.25 bits per heavy atom. The van der Waals surface area contributed by atoms with Crippen LogP contribution in [0, 0.1) is 0 Å². The first-order valence-corrected chi connectivity index (χ1v) is 1.65. The Morgan fingerprint density at radius 3 is 1.25 bits per heavy atom. The van der Waals surface area contributed by atoms with Gasteiger partial charge in [0, 0.05) is 0 Å². The van der Waals surface area contributed by atoms with Gasteiger partial charge in [0.05, 0.1) is 7.85 Å². The summed E-state index contributed by atoms with van der Waals surface area (Å²) >= 11 is 0. The van der Waals surface area contributed by atoms with E-state index in [1.807, 2.05) is 0 Å². The van der Waals surface area contributed by atoms with E-state index < -0.39 is 0 Å². The van der Waals surface area contributed by atoms with Gasteiger partial charge in [0.1, 0.15) is 0 Å². The molecule has 1 rings (SSSR count). The van der Waals surface area contributed by atoms with Crippen molar-refractivity contribution in [1.29, 1.82) is 0 Å². The molecule has 0 atom stereocenters. The van der Waals surface area contributed by atoms with Gasteiger partial charge in [-0.15, -0.1) is 0 Å². The van der Waals surface area contributed by atoms with Gasteiger partial charge < -0.3 is 1.43 Å². The smallest absolute Gasteiger partial charge is 1.00 e. The van der Waals surface area contributed by atoms with Crippen molar-refractivity contribution in [2.75, 3.05) is 0 Å². The first-order valence-electron chi connectivity index (χ1n) is 1.65. The van der Waals surface area contributed by atoms with Gasteiger partial charge in [-0.05, 0) is 0 Å². The van der Waals surface area contributed by atoms with Gasteiger partial charge in [0.2, 0.25) is 0 Å². The van der Waals surface area contributed by atoms with E-state index in [1.165, 1.54) is 12.8 Å². The number of halogens is 3. The fraction of sp³-hybridized carbons (Fsp3) is 1.00. The van der Waals surface area contributed by atoms with Crippen LogP contribution >= 0.6 is 0 Å². The molecule has 5 heteroatoms. The van der Waals surface area contributed by atoms with Crippen LogP contribution in [0.1, 0.15) is 14.3 Å². The monoisotopic (exact) mass is 152 g/mol. The third kappa shape index (κ3) is 15.6. The SMILES string of the molecule is F.F.F.[B]C1CC1.[H-].[K+]. The summed E-state index contributed by atoms with van der Waals surface area (Å²) in [5.74, 6) is 0.583. The predicted molar refractivity (Wildman–Crippen MR) is 27.4 cm³/mol. The molecule has 8 heavy (non-hydrogen) atoms. The Hall–Kier alpha value is 1.49. The molecule has 0 aromatic carbocycles. The Kier molecular flexibility index (Phi) is 32.1. The Morgan fingerprint density at radius 1 is 1.12 bits per heavy atom. The van der Waals surface area contributed by atoms with E-state index in [0.29, 0.717) is 5.82 Å². The van der Waals surface area contributed by atoms with Crippen LogP contribution in [0.5, 0.6) is 0 Å². The average Bonchev–Trinajstić information content (AvgIpc) is 1.75. The van der Waals surface area contributed by atoms with Gasteiger partial charge in [0.25, 0.3) is 0 Å². The molecule has 0 spiro atoms. The van der Waals surface area contributed by atoms with E-state index in [-0.39, 0.29) is 66.9 Å². The van der Waals surface area contributed by atoms with Gasteiger partial charge in [-0.2, -0.15) is 0 Å². The zero-order valence-corrected chi connectivity index (χ0v) is 7.92. The zero-order chi connectivity index (χ0) is 2.99. The first kappa shape index (κ1) is 22.7. The van der Waals surface area contributed by atoms with Gasteiger partial charge in [-0.1, -0.05) is 18.7 Å². The van der Waals surface area contributed by atoms with Gasteiger partial charge in [0.15, 0.2) is 0 Å². The van der Waals surface area contributed by atoms with E-state index in [0.717, 1.165) is 0 Å². The van der Waals surface area contributed by atoms with E-state index >= 15 is 0 Å². The summed E-state index contributed by atoms with van der Waals surface area (Å²) in [5.41, 5.74) is 0. The Balaban J connectivity index is -0.0000000107. The van der Waals surface area contributed by atoms with Crippen molar-refractivity contribution in [3.63, 3.8) is 0 Å². The summed E-state index contributed by atoms with van der Waals surface area (Å²) < 4.78 is 0. The van der Waals surface area contributed by atoms with E-state index in [2.05, 4.69) is 0 Å². The molecule has 1 aliphatic rings. The van der Waals surface area contributed by atoms with E-state index in [9.17, 15) is 0 Å². The van der Waals surface area contributed by atoms with Crippen LogP contribution in [-0.2, 0) is 0 Å². The fourth-order valence-corrected chi connectivity index (χ4v) is 0.0962. The summed E-state index contributed by atoms with van der Waals surface area (Å²) in [6, 6.07) is 0. The van der Waals surface area contributed by atoms with Gasteiger partial charge in [-0.25, -0.2) is 0 Å². The standard InChI is InChI=1S/C3H5B.3FH.K.H/c4-3-1-2-3;;;;;/h3H,1-2H2;3*1H;;/q;;;;+1;-1. The summed E-state index contributed by atoms with van der Waals surface area (Å²) in [5, 5.41) is 0. The van der Waals surface area contributed by atoms with Crippen molar-refractivity contribution in [1.82, 2.24) is 0 Å². The third-order valence-corrected chi connectivity index (χ3v) is 0.622. The van der Waals surface area contributed by atoms with Crippen molar-refractivity contribution in [2.24, 2.45) is 0 Å². The molecule has 0 nitrogen and oxygen atoms in total. The summed E-state index contributed by atoms with van der Waals surface area (Å²) in [7, 11) is 5.22. The maximum atomic E-state index is 5.22. The van der Waals surface area contributed by atoms with Crippen molar-refractivity contribution in [3.05, 3.63) is 0 Å². The molecule has 1 fully saturated rings. The van der Waals surface area contributed by atoms with Crippen molar-refractivity contribution in [2.45, 2.75) is 18.7 Å². The molecular weight excluding hydrogens is 143 g/mol. The van der Waals surface area contributed by atoms with Crippen LogP contribution in [0.25, 0.3) is 0 Å². The molecule has 0 aromatic heterocycles. The minimum absolute atomic E-state index is 0. The second kappa shape index (κ2) is 11.3. The first-order chi connectivity index (χ1) is 1.89. The molecule has 0 heterocycles. The summed E-state index contributed by atoms with van der Waals surface area (Å²) in [6.45, 7) is 0. The molecule has 0 bridgehead atoms. The molecule has 0 saturated heterocycles. The van der Waals surface area contributed by atoms with Crippen LogP contribution in [0.3, 0.4) is 0 Å². The normalized spacial score (nSPS) is 13.0. The average molecular weight is 152 g/mol. The van der Waals surface area contributed by atoms with Gasteiger partial charge in [-0.3, -0.25) is 14.1 Å². The van der Waals surface area contributed by atoms with Crippen LogP contribution in [0.4, 0.5) is 14.1 Å². The van der Waals surface area contributed by atoms with Crippen LogP contribution in [0.2, 0.25) is 5.82 Å². The topological polar surface area (TPSA) is 0 Å². The van der Waals surface area contributed by atoms with E-state index in [1.54, 1.807) is 0 Å². The molecule has 1 aliphatic carbocycles. The molecule has 0 aliphatic heterocycles. The molecular formula is C3H9BF3K. The quantitative estimate of drug-likeness (QED) is 0.363. The maximum absolute atomic E-state index is 5.22. The maximum Gasteiger partial charge on any atom is 1.00 e. The largest absolute Gasteiger partial charge is 1.00 e. The predicted octanol–water partition coefficient (Wildman–Crippen LogP) is -1.69. The second-order valence-corrected chi connectivity index (χ2v) is 1.34. The molecule has 0 aromatic rings.